The average molecular weight is 345 g/mol. The van der Waals surface area contributed by atoms with Crippen molar-refractivity contribution in [2.45, 2.75) is 17.7 Å². The second-order valence-corrected chi connectivity index (χ2v) is 6.36. The van der Waals surface area contributed by atoms with Crippen molar-refractivity contribution in [3.8, 4) is 11.5 Å². The van der Waals surface area contributed by atoms with E-state index in [1.54, 1.807) is 26.0 Å². The van der Waals surface area contributed by atoms with E-state index in [9.17, 15) is 4.79 Å². The van der Waals surface area contributed by atoms with E-state index in [1.807, 2.05) is 36.4 Å². The first-order valence-electron chi connectivity index (χ1n) is 7.88. The van der Waals surface area contributed by atoms with Gasteiger partial charge in [0.2, 0.25) is 5.91 Å². The molecule has 5 heteroatoms. The number of benzene rings is 2. The van der Waals surface area contributed by atoms with Crippen LogP contribution in [-0.2, 0) is 11.2 Å². The number of ether oxygens (including phenoxy) is 2. The summed E-state index contributed by atoms with van der Waals surface area (Å²) in [4.78, 5) is 13.2. The highest BCUT2D eigenvalue weighted by atomic mass is 32.2. The fourth-order valence-corrected chi connectivity index (χ4v) is 3.08. The summed E-state index contributed by atoms with van der Waals surface area (Å²) in [6, 6.07) is 15.8. The van der Waals surface area contributed by atoms with Gasteiger partial charge >= 0.3 is 0 Å². The van der Waals surface area contributed by atoms with E-state index in [0.29, 0.717) is 19.4 Å². The third-order valence-corrected chi connectivity index (χ3v) is 4.56. The van der Waals surface area contributed by atoms with E-state index in [-0.39, 0.29) is 5.91 Å². The minimum absolute atomic E-state index is 0.0496. The van der Waals surface area contributed by atoms with Crippen LogP contribution in [0.4, 0.5) is 0 Å². The van der Waals surface area contributed by atoms with E-state index in [1.165, 1.54) is 4.90 Å². The first-order valence-corrected chi connectivity index (χ1v) is 8.87. The van der Waals surface area contributed by atoms with E-state index in [2.05, 4.69) is 17.4 Å². The number of nitrogens with one attached hydrogen (secondary N) is 1. The monoisotopic (exact) mass is 345 g/mol. The predicted octanol–water partition coefficient (Wildman–Crippen LogP) is 3.54. The minimum Gasteiger partial charge on any atom is -0.497 e. The third-order valence-electron chi connectivity index (χ3n) is 3.55. The van der Waals surface area contributed by atoms with Crippen LogP contribution in [0.15, 0.2) is 53.4 Å². The van der Waals surface area contributed by atoms with Gasteiger partial charge in [0.05, 0.1) is 14.2 Å². The van der Waals surface area contributed by atoms with Gasteiger partial charge in [-0.15, -0.1) is 11.8 Å². The second kappa shape index (κ2) is 9.88. The predicted molar refractivity (Wildman–Crippen MR) is 98.0 cm³/mol. The number of hydrogen-bond acceptors (Lipinski definition) is 4. The number of methoxy groups -OCH3 is 2. The summed E-state index contributed by atoms with van der Waals surface area (Å²) in [5, 5.41) is 2.96. The fraction of sp³-hybridized carbons (Fsp3) is 0.316. The Hall–Kier alpha value is -2.14. The molecule has 2 aromatic rings. The molecule has 0 saturated carbocycles. The van der Waals surface area contributed by atoms with Crippen LogP contribution >= 0.6 is 11.8 Å². The quantitative estimate of drug-likeness (QED) is 0.558. The minimum atomic E-state index is 0.0496. The van der Waals surface area contributed by atoms with Crippen LogP contribution in [0.5, 0.6) is 11.5 Å². The standard InChI is InChI=1S/C19H23NO3S/c1-22-16-9-10-18(23-2)15(14-16)8-11-19(21)20-12-13-24-17-6-4-3-5-7-17/h3-7,9-10,14H,8,11-13H2,1-2H3,(H,20,21). The molecule has 0 aliphatic carbocycles. The van der Waals surface area contributed by atoms with Gasteiger partial charge < -0.3 is 14.8 Å². The van der Waals surface area contributed by atoms with Crippen LogP contribution in [0.25, 0.3) is 0 Å². The Labute approximate surface area is 147 Å². The SMILES string of the molecule is COc1ccc(OC)c(CCC(=O)NCCSc2ccccc2)c1. The number of carbonyl (C=O) groups is 1. The Bertz CT molecular complexity index is 646. The van der Waals surface area contributed by atoms with Gasteiger partial charge in [-0.3, -0.25) is 4.79 Å². The Morgan fingerprint density at radius 2 is 1.88 bits per heavy atom. The van der Waals surface area contributed by atoms with Gasteiger partial charge in [0, 0.05) is 23.6 Å². The molecule has 0 unspecified atom stereocenters. The van der Waals surface area contributed by atoms with E-state index in [4.69, 9.17) is 9.47 Å². The molecule has 0 saturated heterocycles. The molecule has 4 nitrogen and oxygen atoms in total. The number of thioether (sulfide) groups is 1. The Morgan fingerprint density at radius 3 is 2.58 bits per heavy atom. The van der Waals surface area contributed by atoms with E-state index < -0.39 is 0 Å². The first kappa shape index (κ1) is 18.2. The molecule has 0 aliphatic heterocycles. The number of hydrogen-bond donors (Lipinski definition) is 1. The molecule has 0 heterocycles. The summed E-state index contributed by atoms with van der Waals surface area (Å²) in [5.74, 6) is 2.46. The van der Waals surface area contributed by atoms with Crippen molar-refractivity contribution >= 4 is 17.7 Å². The zero-order valence-electron chi connectivity index (χ0n) is 14.1. The van der Waals surface area contributed by atoms with Crippen molar-refractivity contribution in [3.05, 3.63) is 54.1 Å². The second-order valence-electron chi connectivity index (χ2n) is 5.19. The first-order chi connectivity index (χ1) is 11.7. The molecule has 0 radical (unpaired) electrons. The molecule has 0 fully saturated rings. The Kier molecular flexibility index (Phi) is 7.49. The van der Waals surface area contributed by atoms with Crippen LogP contribution in [0.3, 0.4) is 0 Å². The van der Waals surface area contributed by atoms with Crippen LogP contribution in [0.2, 0.25) is 0 Å². The summed E-state index contributed by atoms with van der Waals surface area (Å²) in [6.45, 7) is 0.660. The molecule has 0 aromatic heterocycles. The van der Waals surface area contributed by atoms with Crippen molar-refractivity contribution in [2.75, 3.05) is 26.5 Å². The van der Waals surface area contributed by atoms with Gasteiger partial charge in [0.1, 0.15) is 11.5 Å². The highest BCUT2D eigenvalue weighted by Gasteiger charge is 2.08. The lowest BCUT2D eigenvalue weighted by Crippen LogP contribution is -2.25. The molecular weight excluding hydrogens is 322 g/mol. The summed E-state index contributed by atoms with van der Waals surface area (Å²) in [7, 11) is 3.26. The highest BCUT2D eigenvalue weighted by molar-refractivity contribution is 7.99. The largest absolute Gasteiger partial charge is 0.497 e. The maximum atomic E-state index is 12.0. The normalized spacial score (nSPS) is 10.2. The van der Waals surface area contributed by atoms with E-state index in [0.717, 1.165) is 22.8 Å². The Balaban J connectivity index is 1.73. The molecule has 24 heavy (non-hydrogen) atoms. The maximum Gasteiger partial charge on any atom is 0.220 e. The lowest BCUT2D eigenvalue weighted by Gasteiger charge is -2.10. The van der Waals surface area contributed by atoms with Crippen LogP contribution in [-0.4, -0.2) is 32.4 Å². The smallest absolute Gasteiger partial charge is 0.220 e. The van der Waals surface area contributed by atoms with Gasteiger partial charge in [-0.1, -0.05) is 18.2 Å². The molecule has 0 aliphatic rings. The number of carbonyl (C=O) groups excluding carboxylic acids is 1. The molecule has 0 spiro atoms. The third kappa shape index (κ3) is 5.81. The van der Waals surface area contributed by atoms with Gasteiger partial charge in [0.25, 0.3) is 0 Å². The van der Waals surface area contributed by atoms with Crippen molar-refractivity contribution in [3.63, 3.8) is 0 Å². The van der Waals surface area contributed by atoms with Gasteiger partial charge in [-0.25, -0.2) is 0 Å². The molecule has 0 bridgehead atoms. The topological polar surface area (TPSA) is 47.6 Å². The molecule has 1 N–H and O–H groups in total. The van der Waals surface area contributed by atoms with Crippen LogP contribution in [0, 0.1) is 0 Å². The molecule has 0 atom stereocenters. The van der Waals surface area contributed by atoms with Crippen molar-refractivity contribution in [2.24, 2.45) is 0 Å². The van der Waals surface area contributed by atoms with E-state index >= 15 is 0 Å². The summed E-state index contributed by atoms with van der Waals surface area (Å²) < 4.78 is 10.6. The van der Waals surface area contributed by atoms with Gasteiger partial charge in [-0.05, 0) is 42.3 Å². The Morgan fingerprint density at radius 1 is 1.08 bits per heavy atom. The number of amides is 1. The molecule has 1 amide bonds. The number of rotatable bonds is 9. The zero-order chi connectivity index (χ0) is 17.2. The van der Waals surface area contributed by atoms with Crippen molar-refractivity contribution in [1.82, 2.24) is 5.32 Å². The van der Waals surface area contributed by atoms with Crippen LogP contribution in [0.1, 0.15) is 12.0 Å². The van der Waals surface area contributed by atoms with Crippen molar-refractivity contribution in [1.29, 1.82) is 0 Å². The van der Waals surface area contributed by atoms with Gasteiger partial charge in [0.15, 0.2) is 0 Å². The molecular formula is C19H23NO3S. The highest BCUT2D eigenvalue weighted by Crippen LogP contribution is 2.25. The molecule has 2 aromatic carbocycles. The van der Waals surface area contributed by atoms with Gasteiger partial charge in [-0.2, -0.15) is 0 Å². The average Bonchev–Trinajstić information content (AvgIpc) is 2.64. The zero-order valence-corrected chi connectivity index (χ0v) is 14.9. The lowest BCUT2D eigenvalue weighted by molar-refractivity contribution is -0.120. The summed E-state index contributed by atoms with van der Waals surface area (Å²) >= 11 is 1.74. The number of aryl methyl sites for hydroxylation is 1. The molecule has 128 valence electrons. The fourth-order valence-electron chi connectivity index (χ4n) is 2.29. The van der Waals surface area contributed by atoms with Crippen molar-refractivity contribution < 1.29 is 14.3 Å². The molecule has 2 rings (SSSR count). The lowest BCUT2D eigenvalue weighted by atomic mass is 10.1. The summed E-state index contributed by atoms with van der Waals surface area (Å²) in [6.07, 6.45) is 1.05. The maximum absolute atomic E-state index is 12.0. The summed E-state index contributed by atoms with van der Waals surface area (Å²) in [5.41, 5.74) is 0.977. The van der Waals surface area contributed by atoms with Crippen LogP contribution < -0.4 is 14.8 Å².